The van der Waals surface area contributed by atoms with Crippen LogP contribution < -0.4 is 14.5 Å². The number of ether oxygens (including phenoxy) is 1. The van der Waals surface area contributed by atoms with Gasteiger partial charge in [-0.15, -0.1) is 53.6 Å². The summed E-state index contributed by atoms with van der Waals surface area (Å²) in [5.41, 5.74) is 17.3. The monoisotopic (exact) mass is 1380 g/mol. The van der Waals surface area contributed by atoms with Crippen LogP contribution in [0.1, 0.15) is 184 Å². The van der Waals surface area contributed by atoms with Crippen LogP contribution in [0.25, 0.3) is 61.0 Å². The number of para-hydroxylation sites is 3. The van der Waals surface area contributed by atoms with E-state index in [1.54, 1.807) is 0 Å². The van der Waals surface area contributed by atoms with E-state index in [9.17, 15) is 0 Å². The van der Waals surface area contributed by atoms with Crippen molar-refractivity contribution >= 4 is 44.6 Å². The molecule has 11 rings (SSSR count). The zero-order chi connectivity index (χ0) is 64.5. The first-order valence-corrected chi connectivity index (χ1v) is 31.5. The number of nitrogens with zero attached hydrogens (tertiary/aromatic N) is 4. The fourth-order valence-corrected chi connectivity index (χ4v) is 12.3. The number of benzene rings is 8. The third-order valence-electron chi connectivity index (χ3n) is 17.6. The molecule has 0 amide bonds. The first-order chi connectivity index (χ1) is 41.3. The Morgan fingerprint density at radius 1 is 0.422 bits per heavy atom. The van der Waals surface area contributed by atoms with E-state index in [1.807, 2.05) is 12.3 Å². The van der Waals surface area contributed by atoms with Crippen LogP contribution in [-0.2, 0) is 59.0 Å². The summed E-state index contributed by atoms with van der Waals surface area (Å²) in [7, 11) is 0. The van der Waals surface area contributed by atoms with Crippen LogP contribution in [0.5, 0.6) is 11.5 Å². The maximum Gasteiger partial charge on any atom is 0.135 e. The third-order valence-corrected chi connectivity index (χ3v) is 17.6. The fraction of sp³-hybridized carbons (Fsp3) is 0.341. The first kappa shape index (κ1) is 65.6. The Hall–Kier alpha value is -7.34. The molecule has 10 aromatic rings. The largest absolute Gasteiger partial charge is 0.509 e. The van der Waals surface area contributed by atoms with Gasteiger partial charge in [0.2, 0.25) is 0 Å². The Kier molecular flexibility index (Phi) is 16.8. The van der Waals surface area contributed by atoms with Crippen molar-refractivity contribution in [2.75, 3.05) is 9.80 Å². The van der Waals surface area contributed by atoms with E-state index in [-0.39, 0.29) is 59.0 Å². The van der Waals surface area contributed by atoms with Crippen molar-refractivity contribution in [2.24, 2.45) is 0 Å². The van der Waals surface area contributed by atoms with Crippen molar-refractivity contribution in [3.63, 3.8) is 0 Å². The molecule has 470 valence electrons. The summed E-state index contributed by atoms with van der Waals surface area (Å²) in [5, 5.41) is 2.13. The summed E-state index contributed by atoms with van der Waals surface area (Å²) in [4.78, 5) is 9.40. The topological polar surface area (TPSA) is 33.5 Å². The summed E-state index contributed by atoms with van der Waals surface area (Å²) < 4.78 is 41.3. The number of hydrogen-bond acceptors (Lipinski definition) is 4. The Labute approximate surface area is 550 Å². The van der Waals surface area contributed by atoms with Crippen LogP contribution in [-0.4, -0.2) is 9.55 Å². The Balaban J connectivity index is 0.00000891. The molecular formula is C82H89F2N4OPt-3. The van der Waals surface area contributed by atoms with Crippen LogP contribution in [0.15, 0.2) is 152 Å². The number of hydrogen-bond donors (Lipinski definition) is 0. The quantitative estimate of drug-likeness (QED) is 0.142. The SMILES string of the molecule is CC(C)(C)c1cc(-c2cc(C(C)(C)C)cc(-c3cc(F)cc(F)c3)c2N2[CH-]N(c3[c-]c(Oc4[c-]c5c(cc4)c4ccccc4n5-c4cc(C(C)(C)C)ccn4)cc(-c4c(C(C)(C)C)cc(C(C)(C)C)cc4C(C)(C)C)c3)c3ccccc32)cc(C(C)(C)C)c1.[Pt]. The van der Waals surface area contributed by atoms with E-state index in [0.717, 1.165) is 84.3 Å². The molecule has 0 saturated carbocycles. The predicted molar refractivity (Wildman–Crippen MR) is 371 cm³/mol. The number of halogens is 2. The first-order valence-electron chi connectivity index (χ1n) is 31.5. The van der Waals surface area contributed by atoms with Crippen molar-refractivity contribution in [1.29, 1.82) is 0 Å². The molecule has 3 heterocycles. The van der Waals surface area contributed by atoms with Gasteiger partial charge in [-0.2, -0.15) is 6.07 Å². The summed E-state index contributed by atoms with van der Waals surface area (Å²) in [6, 6.07) is 57.4. The summed E-state index contributed by atoms with van der Waals surface area (Å²) in [5.74, 6) is 0.551. The number of fused-ring (bicyclic) bond motifs is 4. The summed E-state index contributed by atoms with van der Waals surface area (Å²) in [6.07, 6.45) is 1.90. The average molecular weight is 1380 g/mol. The van der Waals surface area contributed by atoms with Crippen molar-refractivity contribution in [1.82, 2.24) is 9.55 Å². The minimum Gasteiger partial charge on any atom is -0.509 e. The third kappa shape index (κ3) is 12.8. The summed E-state index contributed by atoms with van der Waals surface area (Å²) >= 11 is 0. The van der Waals surface area contributed by atoms with Crippen molar-refractivity contribution in [3.8, 4) is 50.7 Å². The van der Waals surface area contributed by atoms with E-state index in [2.05, 4.69) is 300 Å². The summed E-state index contributed by atoms with van der Waals surface area (Å²) in [6.45, 7) is 49.6. The van der Waals surface area contributed by atoms with Crippen LogP contribution in [0.4, 0.5) is 31.5 Å². The molecular weight excluding hydrogens is 1290 g/mol. The Bertz CT molecular complexity index is 4320. The Morgan fingerprint density at radius 2 is 0.922 bits per heavy atom. The van der Waals surface area contributed by atoms with Gasteiger partial charge in [0.15, 0.2) is 0 Å². The van der Waals surface area contributed by atoms with E-state index in [4.69, 9.17) is 9.72 Å². The molecule has 8 aromatic carbocycles. The van der Waals surface area contributed by atoms with Crippen molar-refractivity contribution in [3.05, 3.63) is 221 Å². The van der Waals surface area contributed by atoms with Gasteiger partial charge in [-0.3, -0.25) is 0 Å². The van der Waals surface area contributed by atoms with E-state index < -0.39 is 11.6 Å². The number of rotatable bonds is 8. The fourth-order valence-electron chi connectivity index (χ4n) is 12.3. The second-order valence-corrected chi connectivity index (χ2v) is 32.0. The van der Waals surface area contributed by atoms with Gasteiger partial charge >= 0.3 is 0 Å². The molecule has 1 aliphatic heterocycles. The van der Waals surface area contributed by atoms with E-state index in [1.165, 1.54) is 45.5 Å². The number of pyridine rings is 1. The molecule has 1 aliphatic rings. The zero-order valence-corrected chi connectivity index (χ0v) is 59.1. The van der Waals surface area contributed by atoms with Crippen LogP contribution >= 0.6 is 0 Å². The molecule has 5 nitrogen and oxygen atoms in total. The molecule has 8 heteroatoms. The molecule has 0 fully saturated rings. The maximum absolute atomic E-state index is 15.9. The van der Waals surface area contributed by atoms with Gasteiger partial charge in [0.1, 0.15) is 17.5 Å². The van der Waals surface area contributed by atoms with Gasteiger partial charge < -0.3 is 19.1 Å². The normalized spacial score (nSPS) is 13.5. The molecule has 0 aliphatic carbocycles. The van der Waals surface area contributed by atoms with E-state index in [0.29, 0.717) is 22.6 Å². The standard InChI is InChI=1S/C82H89F2N4O.Pt/c1-76(2,3)53-32-33-85-73(45-53)88-69-27-23-22-26-63(69)64-31-30-61(48-72(64)88)89-62-39-52(74-67(81(16,17)18)43-57(80(13,14)15)44-68(74)82(19,20)21)38-60(47-62)86-49-87(71-29-25-24-28-70(71)86)75-65(50-34-54(77(4,5)6)40-55(35-50)78(7,8)9)41-56(79(10,11)12)42-66(75)51-36-58(83)46-59(84)37-51;/h22-46,49H,1-21H3;/q-3;. The molecule has 2 aromatic heterocycles. The van der Waals surface area contributed by atoms with Crippen molar-refractivity contribution < 1.29 is 34.6 Å². The van der Waals surface area contributed by atoms with Crippen LogP contribution in [0.3, 0.4) is 0 Å². The molecule has 90 heavy (non-hydrogen) atoms. The van der Waals surface area contributed by atoms with Crippen molar-refractivity contribution in [2.45, 2.75) is 183 Å². The smallest absolute Gasteiger partial charge is 0.135 e. The second kappa shape index (κ2) is 23.1. The molecule has 0 N–H and O–H groups in total. The molecule has 0 spiro atoms. The second-order valence-electron chi connectivity index (χ2n) is 32.0. The van der Waals surface area contributed by atoms with Crippen LogP contribution in [0, 0.1) is 30.4 Å². The molecule has 0 unspecified atom stereocenters. The van der Waals surface area contributed by atoms with Gasteiger partial charge in [0.05, 0.1) is 0 Å². The number of aromatic nitrogens is 2. The zero-order valence-electron chi connectivity index (χ0n) is 56.8. The predicted octanol–water partition coefficient (Wildman–Crippen LogP) is 23.3. The Morgan fingerprint density at radius 3 is 1.47 bits per heavy atom. The van der Waals surface area contributed by atoms with Crippen LogP contribution in [0.2, 0.25) is 0 Å². The molecule has 0 bridgehead atoms. The van der Waals surface area contributed by atoms with Gasteiger partial charge in [0.25, 0.3) is 0 Å². The van der Waals surface area contributed by atoms with Gasteiger partial charge in [0, 0.05) is 78.5 Å². The number of anilines is 4. The molecule has 0 radical (unpaired) electrons. The average Bonchev–Trinajstić information content (AvgIpc) is 1.38. The minimum absolute atomic E-state index is 0. The van der Waals surface area contributed by atoms with Gasteiger partial charge in [-0.25, -0.2) is 13.8 Å². The molecule has 0 atom stereocenters. The minimum atomic E-state index is -0.645. The molecule has 0 saturated heterocycles. The van der Waals surface area contributed by atoms with E-state index >= 15 is 8.78 Å². The van der Waals surface area contributed by atoms with Gasteiger partial charge in [-0.1, -0.05) is 212 Å². The van der Waals surface area contributed by atoms with Gasteiger partial charge in [-0.05, 0) is 154 Å². The maximum atomic E-state index is 15.9.